The zero-order chi connectivity index (χ0) is 49.3. The molecule has 0 saturated heterocycles. The molecular formula is C62H117NO5. The highest BCUT2D eigenvalue weighted by molar-refractivity contribution is 5.76. The van der Waals surface area contributed by atoms with E-state index in [9.17, 15) is 19.8 Å². The lowest BCUT2D eigenvalue weighted by atomic mass is 10.0. The van der Waals surface area contributed by atoms with Gasteiger partial charge in [0.05, 0.1) is 25.4 Å². The van der Waals surface area contributed by atoms with Gasteiger partial charge in [0.15, 0.2) is 0 Å². The highest BCUT2D eigenvalue weighted by Crippen LogP contribution is 2.16. The predicted molar refractivity (Wildman–Crippen MR) is 296 cm³/mol. The Bertz CT molecular complexity index is 1100. The zero-order valence-corrected chi connectivity index (χ0v) is 45.6. The number of aliphatic hydroxyl groups excluding tert-OH is 2. The number of aliphatic hydroxyl groups is 2. The van der Waals surface area contributed by atoms with Crippen molar-refractivity contribution in [1.29, 1.82) is 0 Å². The van der Waals surface area contributed by atoms with Crippen LogP contribution in [0, 0.1) is 0 Å². The number of nitrogens with one attached hydrogen (secondary N) is 1. The molecular weight excluding hydrogens is 839 g/mol. The molecule has 2 atom stereocenters. The maximum Gasteiger partial charge on any atom is 0.305 e. The number of allylic oxidation sites excluding steroid dienone is 5. The van der Waals surface area contributed by atoms with Gasteiger partial charge in [-0.2, -0.15) is 0 Å². The molecule has 0 fully saturated rings. The third-order valence-electron chi connectivity index (χ3n) is 13.9. The molecule has 0 rings (SSSR count). The van der Waals surface area contributed by atoms with Crippen LogP contribution in [0.25, 0.3) is 0 Å². The van der Waals surface area contributed by atoms with E-state index in [2.05, 4.69) is 43.5 Å². The fourth-order valence-corrected chi connectivity index (χ4v) is 9.21. The summed E-state index contributed by atoms with van der Waals surface area (Å²) in [5, 5.41) is 23.1. The Hall–Kier alpha value is -1.92. The van der Waals surface area contributed by atoms with Crippen molar-refractivity contribution < 1.29 is 24.5 Å². The van der Waals surface area contributed by atoms with Gasteiger partial charge in [0.25, 0.3) is 0 Å². The van der Waals surface area contributed by atoms with Gasteiger partial charge in [-0.1, -0.05) is 262 Å². The largest absolute Gasteiger partial charge is 0.466 e. The molecule has 2 unspecified atom stereocenters. The summed E-state index contributed by atoms with van der Waals surface area (Å²) in [6, 6.07) is -0.633. The molecule has 0 radical (unpaired) electrons. The van der Waals surface area contributed by atoms with Crippen LogP contribution in [0.1, 0.15) is 322 Å². The third-order valence-corrected chi connectivity index (χ3v) is 13.9. The van der Waals surface area contributed by atoms with E-state index < -0.39 is 12.1 Å². The monoisotopic (exact) mass is 956 g/mol. The van der Waals surface area contributed by atoms with Crippen LogP contribution in [-0.2, 0) is 14.3 Å². The lowest BCUT2D eigenvalue weighted by molar-refractivity contribution is -0.143. The molecule has 400 valence electrons. The van der Waals surface area contributed by atoms with Crippen LogP contribution >= 0.6 is 0 Å². The van der Waals surface area contributed by atoms with Gasteiger partial charge in [-0.3, -0.25) is 9.59 Å². The van der Waals surface area contributed by atoms with Gasteiger partial charge >= 0.3 is 5.97 Å². The first-order valence-corrected chi connectivity index (χ1v) is 30.3. The molecule has 0 aliphatic rings. The molecule has 6 nitrogen and oxygen atoms in total. The van der Waals surface area contributed by atoms with E-state index in [-0.39, 0.29) is 18.5 Å². The number of carbonyl (C=O) groups excluding carboxylic acids is 2. The minimum Gasteiger partial charge on any atom is -0.466 e. The lowest BCUT2D eigenvalue weighted by Gasteiger charge is -2.20. The average Bonchev–Trinajstić information content (AvgIpc) is 3.34. The number of hydrogen-bond donors (Lipinski definition) is 3. The van der Waals surface area contributed by atoms with Crippen molar-refractivity contribution in [3.05, 3.63) is 36.5 Å². The fourth-order valence-electron chi connectivity index (χ4n) is 9.21. The number of ether oxygens (including phenoxy) is 1. The Morgan fingerprint density at radius 1 is 0.397 bits per heavy atom. The summed E-state index contributed by atoms with van der Waals surface area (Å²) in [5.41, 5.74) is 0. The maximum absolute atomic E-state index is 12.4. The number of hydrogen-bond acceptors (Lipinski definition) is 5. The summed E-state index contributed by atoms with van der Waals surface area (Å²) in [4.78, 5) is 24.5. The molecule has 0 aromatic rings. The normalized spacial score (nSPS) is 12.8. The summed E-state index contributed by atoms with van der Waals surface area (Å²) in [7, 11) is 0. The molecule has 0 bridgehead atoms. The fraction of sp³-hybridized carbons (Fsp3) is 0.871. The van der Waals surface area contributed by atoms with E-state index >= 15 is 0 Å². The Kier molecular flexibility index (Phi) is 56.0. The number of rotatable bonds is 56. The maximum atomic E-state index is 12.4. The molecule has 0 aliphatic heterocycles. The van der Waals surface area contributed by atoms with Crippen molar-refractivity contribution in [1.82, 2.24) is 5.32 Å². The van der Waals surface area contributed by atoms with Crippen LogP contribution in [0.15, 0.2) is 36.5 Å². The van der Waals surface area contributed by atoms with Crippen molar-refractivity contribution in [2.24, 2.45) is 0 Å². The van der Waals surface area contributed by atoms with E-state index in [1.54, 1.807) is 6.08 Å². The minimum atomic E-state index is -0.849. The standard InChI is InChI=1S/C62H117NO5/c1-3-5-7-9-11-13-15-17-18-24-28-32-36-40-44-48-52-56-62(67)68-57-53-49-45-41-37-33-29-26-23-21-19-20-22-25-27-31-35-39-43-47-51-55-61(66)63-59(58-64)60(65)54-50-46-42-38-34-30-16-14-12-10-8-6-4-2/h17-18,20,22,50,54,59-60,64-65H,3-16,19,21,23-49,51-53,55-58H2,1-2H3,(H,63,66)/b18-17-,22-20-,54-50+. The summed E-state index contributed by atoms with van der Waals surface area (Å²) in [6.45, 7) is 4.89. The van der Waals surface area contributed by atoms with Crippen LogP contribution in [0.5, 0.6) is 0 Å². The van der Waals surface area contributed by atoms with Crippen LogP contribution < -0.4 is 5.32 Å². The first-order chi connectivity index (χ1) is 33.5. The van der Waals surface area contributed by atoms with Crippen molar-refractivity contribution >= 4 is 11.9 Å². The van der Waals surface area contributed by atoms with Crippen molar-refractivity contribution in [3.8, 4) is 0 Å². The van der Waals surface area contributed by atoms with Crippen LogP contribution in [0.4, 0.5) is 0 Å². The lowest BCUT2D eigenvalue weighted by Crippen LogP contribution is -2.45. The van der Waals surface area contributed by atoms with Crippen LogP contribution in [0.2, 0.25) is 0 Å². The van der Waals surface area contributed by atoms with Crippen LogP contribution in [0.3, 0.4) is 0 Å². The molecule has 6 heteroatoms. The molecule has 0 spiro atoms. The Morgan fingerprint density at radius 3 is 1.04 bits per heavy atom. The summed E-state index contributed by atoms with van der Waals surface area (Å²) in [5.74, 6) is -0.0717. The van der Waals surface area contributed by atoms with E-state index in [1.807, 2.05) is 6.08 Å². The number of unbranched alkanes of at least 4 members (excludes halogenated alkanes) is 41. The average molecular weight is 957 g/mol. The van der Waals surface area contributed by atoms with Crippen molar-refractivity contribution in [2.75, 3.05) is 13.2 Å². The smallest absolute Gasteiger partial charge is 0.305 e. The van der Waals surface area contributed by atoms with E-state index in [0.717, 1.165) is 51.4 Å². The predicted octanol–water partition coefficient (Wildman–Crippen LogP) is 18.8. The minimum absolute atomic E-state index is 0.00412. The zero-order valence-electron chi connectivity index (χ0n) is 45.6. The Morgan fingerprint density at radius 2 is 0.691 bits per heavy atom. The summed E-state index contributed by atoms with van der Waals surface area (Å²) < 4.78 is 5.49. The molecule has 0 aliphatic carbocycles. The van der Waals surface area contributed by atoms with Gasteiger partial charge in [-0.15, -0.1) is 0 Å². The molecule has 0 heterocycles. The van der Waals surface area contributed by atoms with Gasteiger partial charge < -0.3 is 20.3 Å². The second-order valence-corrected chi connectivity index (χ2v) is 20.7. The van der Waals surface area contributed by atoms with Gasteiger partial charge in [0.1, 0.15) is 0 Å². The first kappa shape index (κ1) is 66.1. The number of amides is 1. The van der Waals surface area contributed by atoms with Gasteiger partial charge in [0, 0.05) is 12.8 Å². The van der Waals surface area contributed by atoms with E-state index in [0.29, 0.717) is 19.4 Å². The van der Waals surface area contributed by atoms with Gasteiger partial charge in [-0.25, -0.2) is 0 Å². The highest BCUT2D eigenvalue weighted by Gasteiger charge is 2.18. The van der Waals surface area contributed by atoms with Gasteiger partial charge in [0.2, 0.25) is 5.91 Å². The molecule has 0 aromatic carbocycles. The Balaban J connectivity index is 3.43. The first-order valence-electron chi connectivity index (χ1n) is 30.3. The molecule has 0 saturated carbocycles. The highest BCUT2D eigenvalue weighted by atomic mass is 16.5. The molecule has 68 heavy (non-hydrogen) atoms. The van der Waals surface area contributed by atoms with Gasteiger partial charge in [-0.05, 0) is 83.5 Å². The topological polar surface area (TPSA) is 95.9 Å². The second-order valence-electron chi connectivity index (χ2n) is 20.7. The van der Waals surface area contributed by atoms with E-state index in [1.165, 1.54) is 244 Å². The molecule has 3 N–H and O–H groups in total. The summed E-state index contributed by atoms with van der Waals surface area (Å²) in [6.07, 6.45) is 71.8. The van der Waals surface area contributed by atoms with Crippen LogP contribution in [-0.4, -0.2) is 47.4 Å². The number of carbonyl (C=O) groups is 2. The summed E-state index contributed by atoms with van der Waals surface area (Å²) >= 11 is 0. The third kappa shape index (κ3) is 53.4. The number of esters is 1. The van der Waals surface area contributed by atoms with E-state index in [4.69, 9.17) is 4.74 Å². The quantitative estimate of drug-likeness (QED) is 0.0321. The van der Waals surface area contributed by atoms with Crippen molar-refractivity contribution in [3.63, 3.8) is 0 Å². The molecule has 1 amide bonds. The molecule has 0 aromatic heterocycles. The second kappa shape index (κ2) is 57.7. The SMILES string of the molecule is CCCCCCCC/C=C\CCCCCCCCCC(=O)OCCCCCCCCCCCC/C=C\CCCCCCCCCC(=O)NC(CO)C(O)/C=C/CCCCCCCCCCCCC. The Labute approximate surface area is 424 Å². The van der Waals surface area contributed by atoms with Crippen molar-refractivity contribution in [2.45, 2.75) is 334 Å².